The van der Waals surface area contributed by atoms with E-state index in [2.05, 4.69) is 15.6 Å². The molecule has 0 atom stereocenters. The number of nitrogens with zero attached hydrogens (tertiary/aromatic N) is 1. The first-order chi connectivity index (χ1) is 13.7. The predicted molar refractivity (Wildman–Crippen MR) is 103 cm³/mol. The fourth-order valence-electron chi connectivity index (χ4n) is 2.60. The second kappa shape index (κ2) is 8.14. The minimum Gasteiger partial charge on any atom is -0.322 e. The number of anilines is 2. The van der Waals surface area contributed by atoms with Gasteiger partial charge < -0.3 is 10.6 Å². The van der Waals surface area contributed by atoms with Gasteiger partial charge in [0.15, 0.2) is 0 Å². The number of nitrogens with one attached hydrogen (secondary N) is 2. The number of aromatic nitrogens is 1. The Morgan fingerprint density at radius 1 is 0.897 bits per heavy atom. The van der Waals surface area contributed by atoms with Gasteiger partial charge in [-0.25, -0.2) is 4.98 Å². The highest BCUT2D eigenvalue weighted by atomic mass is 19.4. The summed E-state index contributed by atoms with van der Waals surface area (Å²) in [5.41, 5.74) is -0.187. The smallest absolute Gasteiger partial charge is 0.322 e. The monoisotopic (exact) mass is 399 g/mol. The molecule has 0 aliphatic rings. The number of halogens is 3. The van der Waals surface area contributed by atoms with Gasteiger partial charge in [0.1, 0.15) is 5.82 Å². The van der Waals surface area contributed by atoms with Crippen molar-refractivity contribution >= 4 is 23.3 Å². The standard InChI is InChI=1S/C21H16F3N3O2/c1-13-9-10-18(25-12-13)27-19(28)14-5-4-6-15(11-14)26-20(29)16-7-2-3-8-17(16)21(22,23)24/h2-12H,1H3,(H,26,29)(H,25,27,28). The predicted octanol–water partition coefficient (Wildman–Crippen LogP) is 4.91. The van der Waals surface area contributed by atoms with E-state index in [0.29, 0.717) is 5.82 Å². The fourth-order valence-corrected chi connectivity index (χ4v) is 2.60. The van der Waals surface area contributed by atoms with Crippen LogP contribution >= 0.6 is 0 Å². The summed E-state index contributed by atoms with van der Waals surface area (Å²) < 4.78 is 39.3. The summed E-state index contributed by atoms with van der Waals surface area (Å²) in [5.74, 6) is -1.03. The minimum absolute atomic E-state index is 0.191. The Hall–Kier alpha value is -3.68. The van der Waals surface area contributed by atoms with Crippen LogP contribution in [0.5, 0.6) is 0 Å². The summed E-state index contributed by atoms with van der Waals surface area (Å²) in [6, 6.07) is 13.8. The number of pyridine rings is 1. The zero-order chi connectivity index (χ0) is 21.0. The third-order valence-electron chi connectivity index (χ3n) is 4.01. The number of alkyl halides is 3. The molecule has 0 spiro atoms. The van der Waals surface area contributed by atoms with Gasteiger partial charge in [0, 0.05) is 17.4 Å². The van der Waals surface area contributed by atoms with E-state index in [1.54, 1.807) is 18.3 Å². The van der Waals surface area contributed by atoms with Crippen LogP contribution in [0.2, 0.25) is 0 Å². The van der Waals surface area contributed by atoms with Crippen LogP contribution in [0.25, 0.3) is 0 Å². The molecule has 0 saturated heterocycles. The molecule has 5 nitrogen and oxygen atoms in total. The van der Waals surface area contributed by atoms with Crippen molar-refractivity contribution < 1.29 is 22.8 Å². The number of aryl methyl sites for hydroxylation is 1. The first-order valence-electron chi connectivity index (χ1n) is 8.56. The van der Waals surface area contributed by atoms with Gasteiger partial charge in [-0.3, -0.25) is 9.59 Å². The van der Waals surface area contributed by atoms with Crippen LogP contribution in [0.4, 0.5) is 24.7 Å². The van der Waals surface area contributed by atoms with Crippen molar-refractivity contribution in [2.75, 3.05) is 10.6 Å². The van der Waals surface area contributed by atoms with Gasteiger partial charge in [0.2, 0.25) is 0 Å². The van der Waals surface area contributed by atoms with Crippen LogP contribution in [0.15, 0.2) is 66.9 Å². The van der Waals surface area contributed by atoms with Crippen molar-refractivity contribution in [3.63, 3.8) is 0 Å². The SMILES string of the molecule is Cc1ccc(NC(=O)c2cccc(NC(=O)c3ccccc3C(F)(F)F)c2)nc1. The Labute approximate surface area is 164 Å². The van der Waals surface area contributed by atoms with Gasteiger partial charge in [0.25, 0.3) is 11.8 Å². The van der Waals surface area contributed by atoms with E-state index in [0.717, 1.165) is 17.7 Å². The van der Waals surface area contributed by atoms with Crippen LogP contribution < -0.4 is 10.6 Å². The second-order valence-electron chi connectivity index (χ2n) is 6.25. The zero-order valence-electron chi connectivity index (χ0n) is 15.2. The van der Waals surface area contributed by atoms with Crippen molar-refractivity contribution in [1.29, 1.82) is 0 Å². The molecule has 1 aromatic heterocycles. The molecule has 0 radical (unpaired) electrons. The fraction of sp³-hybridized carbons (Fsp3) is 0.0952. The lowest BCUT2D eigenvalue weighted by molar-refractivity contribution is -0.137. The number of hydrogen-bond acceptors (Lipinski definition) is 3. The summed E-state index contributed by atoms with van der Waals surface area (Å²) in [4.78, 5) is 28.8. The summed E-state index contributed by atoms with van der Waals surface area (Å²) in [6.45, 7) is 1.86. The molecule has 29 heavy (non-hydrogen) atoms. The van der Waals surface area contributed by atoms with Crippen LogP contribution in [-0.2, 0) is 6.18 Å². The van der Waals surface area contributed by atoms with Crippen molar-refractivity contribution in [3.8, 4) is 0 Å². The molecular weight excluding hydrogens is 383 g/mol. The van der Waals surface area contributed by atoms with Crippen molar-refractivity contribution in [3.05, 3.63) is 89.1 Å². The number of amides is 2. The summed E-state index contributed by atoms with van der Waals surface area (Å²) >= 11 is 0. The maximum atomic E-state index is 13.1. The van der Waals surface area contributed by atoms with Crippen molar-refractivity contribution in [1.82, 2.24) is 4.98 Å². The molecule has 3 aromatic rings. The average Bonchev–Trinajstić information content (AvgIpc) is 2.69. The first kappa shape index (κ1) is 20.1. The molecule has 8 heteroatoms. The average molecular weight is 399 g/mol. The third kappa shape index (κ3) is 4.98. The zero-order valence-corrected chi connectivity index (χ0v) is 15.2. The maximum absolute atomic E-state index is 13.1. The molecule has 3 rings (SSSR count). The molecule has 148 valence electrons. The Morgan fingerprint density at radius 3 is 2.34 bits per heavy atom. The van der Waals surface area contributed by atoms with Gasteiger partial charge >= 0.3 is 6.18 Å². The van der Waals surface area contributed by atoms with Gasteiger partial charge in [-0.05, 0) is 48.9 Å². The Kier molecular flexibility index (Phi) is 5.63. The summed E-state index contributed by atoms with van der Waals surface area (Å²) in [5, 5.41) is 5.02. The van der Waals surface area contributed by atoms with Crippen LogP contribution in [0.1, 0.15) is 31.8 Å². The lowest BCUT2D eigenvalue weighted by Gasteiger charge is -2.13. The van der Waals surface area contributed by atoms with Crippen LogP contribution in [0, 0.1) is 6.92 Å². The van der Waals surface area contributed by atoms with Gasteiger partial charge in [-0.15, -0.1) is 0 Å². The van der Waals surface area contributed by atoms with E-state index in [-0.39, 0.29) is 11.3 Å². The number of hydrogen-bond donors (Lipinski definition) is 2. The van der Waals surface area contributed by atoms with Crippen LogP contribution in [0.3, 0.4) is 0 Å². The molecule has 2 aromatic carbocycles. The molecule has 0 unspecified atom stereocenters. The van der Waals surface area contributed by atoms with E-state index in [1.807, 2.05) is 6.92 Å². The second-order valence-corrected chi connectivity index (χ2v) is 6.25. The quantitative estimate of drug-likeness (QED) is 0.655. The lowest BCUT2D eigenvalue weighted by Crippen LogP contribution is -2.19. The molecule has 0 bridgehead atoms. The van der Waals surface area contributed by atoms with E-state index in [1.165, 1.54) is 36.4 Å². The Morgan fingerprint density at radius 2 is 1.66 bits per heavy atom. The Balaban J connectivity index is 1.77. The highest BCUT2D eigenvalue weighted by Crippen LogP contribution is 2.32. The van der Waals surface area contributed by atoms with Gasteiger partial charge in [-0.2, -0.15) is 13.2 Å². The van der Waals surface area contributed by atoms with E-state index in [9.17, 15) is 22.8 Å². The summed E-state index contributed by atoms with van der Waals surface area (Å²) in [7, 11) is 0. The topological polar surface area (TPSA) is 71.1 Å². The van der Waals surface area contributed by atoms with Crippen molar-refractivity contribution in [2.24, 2.45) is 0 Å². The first-order valence-corrected chi connectivity index (χ1v) is 8.56. The molecule has 0 saturated carbocycles. The van der Waals surface area contributed by atoms with Crippen LogP contribution in [-0.4, -0.2) is 16.8 Å². The number of rotatable bonds is 4. The van der Waals surface area contributed by atoms with Gasteiger partial charge in [-0.1, -0.05) is 24.3 Å². The number of carbonyl (C=O) groups is 2. The molecule has 0 aliphatic carbocycles. The van der Waals surface area contributed by atoms with E-state index in [4.69, 9.17) is 0 Å². The maximum Gasteiger partial charge on any atom is 0.417 e. The van der Waals surface area contributed by atoms with Crippen molar-refractivity contribution in [2.45, 2.75) is 13.1 Å². The van der Waals surface area contributed by atoms with E-state index < -0.39 is 29.1 Å². The minimum atomic E-state index is -4.66. The molecule has 0 fully saturated rings. The van der Waals surface area contributed by atoms with E-state index >= 15 is 0 Å². The largest absolute Gasteiger partial charge is 0.417 e. The molecule has 2 amide bonds. The molecule has 1 heterocycles. The van der Waals surface area contributed by atoms with Gasteiger partial charge in [0.05, 0.1) is 11.1 Å². The highest BCUT2D eigenvalue weighted by Gasteiger charge is 2.34. The number of carbonyl (C=O) groups excluding carboxylic acids is 2. The Bertz CT molecular complexity index is 1050. The third-order valence-corrected chi connectivity index (χ3v) is 4.01. The highest BCUT2D eigenvalue weighted by molar-refractivity contribution is 6.07. The molecule has 2 N–H and O–H groups in total. The lowest BCUT2D eigenvalue weighted by atomic mass is 10.1. The number of benzene rings is 2. The molecular formula is C21H16F3N3O2. The normalized spacial score (nSPS) is 11.0. The molecule has 0 aliphatic heterocycles. The summed E-state index contributed by atoms with van der Waals surface area (Å²) in [6.07, 6.45) is -3.05.